The van der Waals surface area contributed by atoms with Crippen LogP contribution in [0.3, 0.4) is 0 Å². The lowest BCUT2D eigenvalue weighted by Crippen LogP contribution is -2.48. The Balaban J connectivity index is 2.33. The summed E-state index contributed by atoms with van der Waals surface area (Å²) in [4.78, 5) is 0. The summed E-state index contributed by atoms with van der Waals surface area (Å²) in [5.41, 5.74) is 6.85. The molecule has 1 aliphatic rings. The van der Waals surface area contributed by atoms with Crippen LogP contribution in [0.1, 0.15) is 31.5 Å². The van der Waals surface area contributed by atoms with Gasteiger partial charge in [-0.15, -0.1) is 0 Å². The van der Waals surface area contributed by atoms with Crippen LogP contribution in [-0.2, 0) is 16.0 Å². The van der Waals surface area contributed by atoms with Crippen LogP contribution in [0, 0.1) is 0 Å². The highest BCUT2D eigenvalue weighted by Crippen LogP contribution is 2.38. The van der Waals surface area contributed by atoms with E-state index in [1.165, 1.54) is 0 Å². The van der Waals surface area contributed by atoms with Crippen LogP contribution in [0.25, 0.3) is 0 Å². The molecule has 0 amide bonds. The lowest BCUT2D eigenvalue weighted by atomic mass is 9.84. The minimum atomic E-state index is -0.408. The summed E-state index contributed by atoms with van der Waals surface area (Å²) in [5.74, 6) is 0. The van der Waals surface area contributed by atoms with Gasteiger partial charge in [0.15, 0.2) is 0 Å². The van der Waals surface area contributed by atoms with Gasteiger partial charge in [0.25, 0.3) is 0 Å². The average molecular weight is 274 g/mol. The molecule has 0 aromatic carbocycles. The maximum Gasteiger partial charge on any atom is 0.0929 e. The second-order valence-electron chi connectivity index (χ2n) is 4.55. The fourth-order valence-electron chi connectivity index (χ4n) is 2.54. The molecule has 1 aromatic heterocycles. The molecule has 5 nitrogen and oxygen atoms in total. The van der Waals surface area contributed by atoms with E-state index in [2.05, 4.69) is 5.10 Å². The Bertz CT molecular complexity index is 402. The van der Waals surface area contributed by atoms with E-state index in [1.807, 2.05) is 11.6 Å². The zero-order valence-corrected chi connectivity index (χ0v) is 11.6. The van der Waals surface area contributed by atoms with Gasteiger partial charge < -0.3 is 15.2 Å². The van der Waals surface area contributed by atoms with Gasteiger partial charge in [-0.05, 0) is 6.92 Å². The molecule has 0 spiro atoms. The van der Waals surface area contributed by atoms with Crippen LogP contribution in [0.4, 0.5) is 0 Å². The molecule has 2 heterocycles. The molecule has 2 rings (SSSR count). The third-order valence-corrected chi connectivity index (χ3v) is 4.03. The lowest BCUT2D eigenvalue weighted by Gasteiger charge is -2.40. The highest BCUT2D eigenvalue weighted by molar-refractivity contribution is 6.31. The Hall–Kier alpha value is -0.620. The molecule has 1 fully saturated rings. The Labute approximate surface area is 112 Å². The number of aryl methyl sites for hydroxylation is 1. The van der Waals surface area contributed by atoms with Crippen LogP contribution < -0.4 is 5.73 Å². The minimum Gasteiger partial charge on any atom is -0.381 e. The van der Waals surface area contributed by atoms with Crippen molar-refractivity contribution in [3.63, 3.8) is 0 Å². The Morgan fingerprint density at radius 2 is 2.28 bits per heavy atom. The summed E-state index contributed by atoms with van der Waals surface area (Å²) < 4.78 is 12.9. The molecule has 0 bridgehead atoms. The van der Waals surface area contributed by atoms with Crippen molar-refractivity contribution in [1.82, 2.24) is 9.78 Å². The van der Waals surface area contributed by atoms with Gasteiger partial charge in [-0.2, -0.15) is 5.10 Å². The Morgan fingerprint density at radius 3 is 2.83 bits per heavy atom. The zero-order valence-electron chi connectivity index (χ0n) is 10.9. The van der Waals surface area contributed by atoms with Gasteiger partial charge in [-0.1, -0.05) is 11.6 Å². The Kier molecular flexibility index (Phi) is 4.27. The number of hydrogen-bond acceptors (Lipinski definition) is 4. The number of halogens is 1. The summed E-state index contributed by atoms with van der Waals surface area (Å²) in [6.07, 6.45) is 3.19. The van der Waals surface area contributed by atoms with Crippen molar-refractivity contribution in [3.05, 3.63) is 16.9 Å². The summed E-state index contributed by atoms with van der Waals surface area (Å²) >= 11 is 6.21. The predicted molar refractivity (Wildman–Crippen MR) is 69.6 cm³/mol. The van der Waals surface area contributed by atoms with Gasteiger partial charge in [-0.3, -0.25) is 4.68 Å². The molecule has 2 N–H and O–H groups in total. The number of aromatic nitrogens is 2. The second kappa shape index (κ2) is 5.57. The first kappa shape index (κ1) is 13.8. The topological polar surface area (TPSA) is 62.3 Å². The molecule has 6 heteroatoms. The first-order valence-electron chi connectivity index (χ1n) is 6.24. The van der Waals surface area contributed by atoms with Crippen LogP contribution in [-0.4, -0.2) is 35.7 Å². The molecule has 18 heavy (non-hydrogen) atoms. The average Bonchev–Trinajstić information content (AvgIpc) is 2.79. The van der Waals surface area contributed by atoms with E-state index >= 15 is 0 Å². The summed E-state index contributed by atoms with van der Waals surface area (Å²) in [6.45, 7) is 4.09. The van der Waals surface area contributed by atoms with Crippen molar-refractivity contribution in [1.29, 1.82) is 0 Å². The van der Waals surface area contributed by atoms with Crippen LogP contribution >= 0.6 is 11.6 Å². The summed E-state index contributed by atoms with van der Waals surface area (Å²) in [7, 11) is 1.70. The van der Waals surface area contributed by atoms with Crippen molar-refractivity contribution < 1.29 is 9.47 Å². The molecule has 0 aliphatic carbocycles. The summed E-state index contributed by atoms with van der Waals surface area (Å²) in [6, 6.07) is -0.290. The lowest BCUT2D eigenvalue weighted by molar-refractivity contribution is -0.106. The van der Waals surface area contributed by atoms with E-state index in [-0.39, 0.29) is 6.04 Å². The molecule has 0 radical (unpaired) electrons. The maximum atomic E-state index is 6.41. The van der Waals surface area contributed by atoms with E-state index in [1.54, 1.807) is 13.3 Å². The van der Waals surface area contributed by atoms with E-state index in [4.69, 9.17) is 26.8 Å². The number of hydrogen-bond donors (Lipinski definition) is 1. The van der Waals surface area contributed by atoms with Crippen LogP contribution in [0.15, 0.2) is 6.20 Å². The van der Waals surface area contributed by atoms with E-state index < -0.39 is 5.60 Å². The number of ether oxygens (including phenoxy) is 2. The second-order valence-corrected chi connectivity index (χ2v) is 4.96. The Morgan fingerprint density at radius 1 is 1.61 bits per heavy atom. The van der Waals surface area contributed by atoms with E-state index in [0.29, 0.717) is 18.2 Å². The van der Waals surface area contributed by atoms with Gasteiger partial charge in [0.05, 0.1) is 28.6 Å². The zero-order chi connectivity index (χ0) is 13.2. The number of methoxy groups -OCH3 is 1. The fourth-order valence-corrected chi connectivity index (χ4v) is 2.80. The third kappa shape index (κ3) is 2.28. The van der Waals surface area contributed by atoms with Crippen LogP contribution in [0.2, 0.25) is 5.02 Å². The molecular formula is C12H20ClN3O2. The quantitative estimate of drug-likeness (QED) is 0.908. The standard InChI is InChI=1S/C12H20ClN3O2/c1-3-16-10(9(13)8-15-16)11(14)12(17-2)4-6-18-7-5-12/h8,11H,3-7,14H2,1-2H3. The first-order chi connectivity index (χ1) is 8.64. The van der Waals surface area contributed by atoms with Crippen molar-refractivity contribution in [2.45, 2.75) is 38.0 Å². The normalized spacial score (nSPS) is 20.9. The molecule has 1 saturated heterocycles. The van der Waals surface area contributed by atoms with Gasteiger partial charge in [0.1, 0.15) is 0 Å². The van der Waals surface area contributed by atoms with E-state index in [0.717, 1.165) is 25.1 Å². The molecule has 102 valence electrons. The number of rotatable bonds is 4. The maximum absolute atomic E-state index is 6.41. The predicted octanol–water partition coefficient (Wildman–Crippen LogP) is 1.75. The van der Waals surface area contributed by atoms with E-state index in [9.17, 15) is 0 Å². The molecule has 1 aromatic rings. The third-order valence-electron chi connectivity index (χ3n) is 3.74. The van der Waals surface area contributed by atoms with Crippen molar-refractivity contribution >= 4 is 11.6 Å². The molecular weight excluding hydrogens is 254 g/mol. The molecule has 1 atom stereocenters. The molecule has 1 aliphatic heterocycles. The monoisotopic (exact) mass is 273 g/mol. The van der Waals surface area contributed by atoms with Gasteiger partial charge in [0, 0.05) is 39.7 Å². The fraction of sp³-hybridized carbons (Fsp3) is 0.750. The minimum absolute atomic E-state index is 0.290. The van der Waals surface area contributed by atoms with Crippen molar-refractivity contribution in [2.24, 2.45) is 5.73 Å². The number of nitrogens with zero attached hydrogens (tertiary/aromatic N) is 2. The first-order valence-corrected chi connectivity index (χ1v) is 6.62. The highest BCUT2D eigenvalue weighted by Gasteiger charge is 2.41. The molecule has 1 unspecified atom stereocenters. The van der Waals surface area contributed by atoms with Gasteiger partial charge >= 0.3 is 0 Å². The summed E-state index contributed by atoms with van der Waals surface area (Å²) in [5, 5.41) is 4.84. The van der Waals surface area contributed by atoms with Crippen molar-refractivity contribution in [3.8, 4) is 0 Å². The largest absolute Gasteiger partial charge is 0.381 e. The number of nitrogens with two attached hydrogens (primary N) is 1. The van der Waals surface area contributed by atoms with Crippen molar-refractivity contribution in [2.75, 3.05) is 20.3 Å². The SMILES string of the molecule is CCn1ncc(Cl)c1C(N)C1(OC)CCOCC1. The highest BCUT2D eigenvalue weighted by atomic mass is 35.5. The molecule has 0 saturated carbocycles. The van der Waals surface area contributed by atoms with Gasteiger partial charge in [0.2, 0.25) is 0 Å². The smallest absolute Gasteiger partial charge is 0.0929 e. The van der Waals surface area contributed by atoms with Gasteiger partial charge in [-0.25, -0.2) is 0 Å². The van der Waals surface area contributed by atoms with Crippen LogP contribution in [0.5, 0.6) is 0 Å².